The van der Waals surface area contributed by atoms with Crippen molar-refractivity contribution in [2.45, 2.75) is 77.6 Å². The molecule has 0 amide bonds. The standard InChI is InChI=1S/C9H16.C6H12/c1-2-5-9-7-3-6-8(9)4-1;1-6-4-2-3-5-6/h8-9H,1-7H2;6H,2-5H2,1H3. The summed E-state index contributed by atoms with van der Waals surface area (Å²) < 4.78 is 0. The smallest absolute Gasteiger partial charge is 0.0386 e. The first kappa shape index (κ1) is 11.5. The van der Waals surface area contributed by atoms with Crippen molar-refractivity contribution in [3.63, 3.8) is 0 Å². The van der Waals surface area contributed by atoms with Crippen LogP contribution in [-0.4, -0.2) is 0 Å². The van der Waals surface area contributed by atoms with Crippen molar-refractivity contribution in [1.82, 2.24) is 0 Å². The van der Waals surface area contributed by atoms with E-state index in [1.807, 2.05) is 0 Å². The van der Waals surface area contributed by atoms with Crippen LogP contribution in [0.3, 0.4) is 0 Å². The molecule has 2 atom stereocenters. The lowest BCUT2D eigenvalue weighted by Crippen LogP contribution is -2.12. The summed E-state index contributed by atoms with van der Waals surface area (Å²) in [6, 6.07) is 0. The molecule has 3 saturated carbocycles. The molecular formula is C15H28. The van der Waals surface area contributed by atoms with Crippen LogP contribution in [0.5, 0.6) is 0 Å². The molecule has 3 fully saturated rings. The highest BCUT2D eigenvalue weighted by Crippen LogP contribution is 2.41. The van der Waals surface area contributed by atoms with E-state index in [1.54, 1.807) is 25.7 Å². The van der Waals surface area contributed by atoms with Gasteiger partial charge in [0, 0.05) is 0 Å². The van der Waals surface area contributed by atoms with E-state index in [2.05, 4.69) is 6.92 Å². The lowest BCUT2D eigenvalue weighted by molar-refractivity contribution is 0.277. The molecule has 0 aliphatic heterocycles. The summed E-state index contributed by atoms with van der Waals surface area (Å²) in [5, 5.41) is 0. The molecule has 3 aliphatic rings. The number of fused-ring (bicyclic) bond motifs is 1. The van der Waals surface area contributed by atoms with Crippen LogP contribution >= 0.6 is 0 Å². The molecule has 3 aliphatic carbocycles. The van der Waals surface area contributed by atoms with Gasteiger partial charge in [-0.05, 0) is 17.8 Å². The molecule has 0 aromatic carbocycles. The van der Waals surface area contributed by atoms with E-state index < -0.39 is 0 Å². The van der Waals surface area contributed by atoms with Gasteiger partial charge in [-0.2, -0.15) is 0 Å². The first-order valence-electron chi connectivity index (χ1n) is 7.36. The van der Waals surface area contributed by atoms with Crippen LogP contribution < -0.4 is 0 Å². The first-order chi connectivity index (χ1) is 7.36. The third-order valence-electron chi connectivity index (χ3n) is 4.86. The average molecular weight is 208 g/mol. The third-order valence-corrected chi connectivity index (χ3v) is 4.86. The fourth-order valence-electron chi connectivity index (χ4n) is 3.82. The molecule has 15 heavy (non-hydrogen) atoms. The van der Waals surface area contributed by atoms with Crippen LogP contribution in [0.15, 0.2) is 0 Å². The first-order valence-corrected chi connectivity index (χ1v) is 7.36. The second kappa shape index (κ2) is 5.92. The summed E-state index contributed by atoms with van der Waals surface area (Å²) in [5.74, 6) is 3.38. The van der Waals surface area contributed by atoms with Crippen molar-refractivity contribution in [3.05, 3.63) is 0 Å². The second-order valence-electron chi connectivity index (χ2n) is 6.13. The Bertz CT molecular complexity index is 155. The highest BCUT2D eigenvalue weighted by Gasteiger charge is 2.28. The van der Waals surface area contributed by atoms with Gasteiger partial charge in [0.25, 0.3) is 0 Å². The van der Waals surface area contributed by atoms with E-state index in [4.69, 9.17) is 0 Å². The Labute approximate surface area is 95.8 Å². The van der Waals surface area contributed by atoms with Crippen LogP contribution in [0.4, 0.5) is 0 Å². The summed E-state index contributed by atoms with van der Waals surface area (Å²) in [4.78, 5) is 0. The molecule has 0 N–H and O–H groups in total. The summed E-state index contributed by atoms with van der Waals surface area (Å²) in [5.41, 5.74) is 0. The van der Waals surface area contributed by atoms with E-state index in [-0.39, 0.29) is 0 Å². The maximum Gasteiger partial charge on any atom is -0.0386 e. The average Bonchev–Trinajstić information content (AvgIpc) is 2.88. The summed E-state index contributed by atoms with van der Waals surface area (Å²) in [6.45, 7) is 2.34. The van der Waals surface area contributed by atoms with Crippen molar-refractivity contribution in [2.24, 2.45) is 17.8 Å². The molecule has 0 heterocycles. The Balaban J connectivity index is 0.000000124. The van der Waals surface area contributed by atoms with E-state index >= 15 is 0 Å². The topological polar surface area (TPSA) is 0 Å². The van der Waals surface area contributed by atoms with Crippen LogP contribution in [0, 0.1) is 17.8 Å². The Hall–Kier alpha value is 0. The highest BCUT2D eigenvalue weighted by atomic mass is 14.3. The minimum absolute atomic E-state index is 1.05. The molecule has 3 rings (SSSR count). The molecule has 0 aromatic heterocycles. The molecule has 0 heteroatoms. The summed E-state index contributed by atoms with van der Waals surface area (Å²) in [6.07, 6.45) is 16.8. The predicted molar refractivity (Wildman–Crippen MR) is 66.9 cm³/mol. The maximum absolute atomic E-state index is 2.34. The second-order valence-corrected chi connectivity index (χ2v) is 6.13. The van der Waals surface area contributed by atoms with Gasteiger partial charge in [0.1, 0.15) is 0 Å². The van der Waals surface area contributed by atoms with Gasteiger partial charge in [0.2, 0.25) is 0 Å². The maximum atomic E-state index is 2.34. The predicted octanol–water partition coefficient (Wildman–Crippen LogP) is 5.17. The van der Waals surface area contributed by atoms with Crippen molar-refractivity contribution >= 4 is 0 Å². The van der Waals surface area contributed by atoms with Crippen molar-refractivity contribution in [1.29, 1.82) is 0 Å². The van der Waals surface area contributed by atoms with Gasteiger partial charge >= 0.3 is 0 Å². The molecule has 2 unspecified atom stereocenters. The Morgan fingerprint density at radius 3 is 1.33 bits per heavy atom. The van der Waals surface area contributed by atoms with Gasteiger partial charge < -0.3 is 0 Å². The lowest BCUT2D eigenvalue weighted by Gasteiger charge is -2.24. The normalized spacial score (nSPS) is 35.8. The Kier molecular flexibility index (Phi) is 4.53. The van der Waals surface area contributed by atoms with Gasteiger partial charge in [-0.25, -0.2) is 0 Å². The van der Waals surface area contributed by atoms with Crippen molar-refractivity contribution in [2.75, 3.05) is 0 Å². The SMILES string of the molecule is C1CCC2CCCC2C1.CC1CCCC1. The fourth-order valence-corrected chi connectivity index (χ4v) is 3.82. The van der Waals surface area contributed by atoms with Gasteiger partial charge in [0.15, 0.2) is 0 Å². The molecule has 0 saturated heterocycles. The van der Waals surface area contributed by atoms with Crippen molar-refractivity contribution in [3.8, 4) is 0 Å². The fraction of sp³-hybridized carbons (Fsp3) is 1.00. The molecular weight excluding hydrogens is 180 g/mol. The van der Waals surface area contributed by atoms with Crippen molar-refractivity contribution < 1.29 is 0 Å². The number of rotatable bonds is 0. The summed E-state index contributed by atoms with van der Waals surface area (Å²) >= 11 is 0. The van der Waals surface area contributed by atoms with Crippen LogP contribution in [0.25, 0.3) is 0 Å². The van der Waals surface area contributed by atoms with Gasteiger partial charge in [-0.3, -0.25) is 0 Å². The van der Waals surface area contributed by atoms with E-state index in [0.717, 1.165) is 5.92 Å². The molecule has 0 nitrogen and oxygen atoms in total. The van der Waals surface area contributed by atoms with Crippen LogP contribution in [-0.2, 0) is 0 Å². The molecule has 0 aromatic rings. The number of hydrogen-bond acceptors (Lipinski definition) is 0. The molecule has 88 valence electrons. The van der Waals surface area contributed by atoms with Crippen LogP contribution in [0.2, 0.25) is 0 Å². The Morgan fingerprint density at radius 2 is 0.933 bits per heavy atom. The third kappa shape index (κ3) is 3.50. The van der Waals surface area contributed by atoms with Gasteiger partial charge in [-0.15, -0.1) is 0 Å². The molecule has 0 radical (unpaired) electrons. The zero-order valence-electron chi connectivity index (χ0n) is 10.5. The quantitative estimate of drug-likeness (QED) is 0.515. The molecule has 0 bridgehead atoms. The monoisotopic (exact) mass is 208 g/mol. The zero-order chi connectivity index (χ0) is 10.5. The van der Waals surface area contributed by atoms with E-state index in [1.165, 1.54) is 56.8 Å². The minimum Gasteiger partial charge on any atom is -0.0625 e. The van der Waals surface area contributed by atoms with E-state index in [0.29, 0.717) is 0 Å². The number of hydrogen-bond donors (Lipinski definition) is 0. The van der Waals surface area contributed by atoms with Gasteiger partial charge in [0.05, 0.1) is 0 Å². The van der Waals surface area contributed by atoms with E-state index in [9.17, 15) is 0 Å². The molecule has 0 spiro atoms. The lowest BCUT2D eigenvalue weighted by atomic mass is 9.82. The Morgan fingerprint density at radius 1 is 0.533 bits per heavy atom. The van der Waals surface area contributed by atoms with Gasteiger partial charge in [-0.1, -0.05) is 77.6 Å². The highest BCUT2D eigenvalue weighted by molar-refractivity contribution is 4.80. The minimum atomic E-state index is 1.05. The van der Waals surface area contributed by atoms with Crippen LogP contribution in [0.1, 0.15) is 77.6 Å². The largest absolute Gasteiger partial charge is 0.0625 e. The summed E-state index contributed by atoms with van der Waals surface area (Å²) in [7, 11) is 0. The zero-order valence-corrected chi connectivity index (χ0v) is 10.5.